The molecule has 3 heteroatoms. The lowest BCUT2D eigenvalue weighted by atomic mass is 10.1. The molecule has 1 unspecified atom stereocenters. The van der Waals surface area contributed by atoms with Crippen molar-refractivity contribution in [2.45, 2.75) is 6.04 Å². The van der Waals surface area contributed by atoms with Crippen LogP contribution in [0, 0.1) is 0 Å². The summed E-state index contributed by atoms with van der Waals surface area (Å²) >= 11 is 7.39. The van der Waals surface area contributed by atoms with Gasteiger partial charge >= 0.3 is 0 Å². The van der Waals surface area contributed by atoms with Crippen LogP contribution in [0.25, 0.3) is 0 Å². The number of benzene rings is 1. The number of nitrogens with two attached hydrogens (primary N) is 1. The first-order valence-corrected chi connectivity index (χ1v) is 5.52. The lowest BCUT2D eigenvalue weighted by Gasteiger charge is -2.08. The second-order valence-electron chi connectivity index (χ2n) is 3.03. The fourth-order valence-corrected chi connectivity index (χ4v) is 2.41. The minimum atomic E-state index is -0.0614. The van der Waals surface area contributed by atoms with Gasteiger partial charge in [0.25, 0.3) is 0 Å². The van der Waals surface area contributed by atoms with Crippen LogP contribution < -0.4 is 5.73 Å². The molecule has 0 bridgehead atoms. The number of hydrogen-bond donors (Lipinski definition) is 1. The lowest BCUT2D eigenvalue weighted by Crippen LogP contribution is -2.09. The van der Waals surface area contributed by atoms with Crippen molar-refractivity contribution in [3.05, 3.63) is 57.2 Å². The van der Waals surface area contributed by atoms with Crippen molar-refractivity contribution in [2.24, 2.45) is 5.73 Å². The Hall–Kier alpha value is -0.830. The maximum Gasteiger partial charge on any atom is 0.0931 e. The van der Waals surface area contributed by atoms with Crippen LogP contribution in [-0.4, -0.2) is 0 Å². The maximum absolute atomic E-state index is 6.08. The minimum Gasteiger partial charge on any atom is -0.320 e. The zero-order valence-electron chi connectivity index (χ0n) is 7.48. The molecular formula is C11H10ClNS. The van der Waals surface area contributed by atoms with Crippen LogP contribution in [0.1, 0.15) is 16.5 Å². The van der Waals surface area contributed by atoms with Gasteiger partial charge in [-0.3, -0.25) is 0 Å². The van der Waals surface area contributed by atoms with E-state index in [1.54, 1.807) is 0 Å². The molecule has 2 rings (SSSR count). The summed E-state index contributed by atoms with van der Waals surface area (Å²) in [5.74, 6) is 0. The van der Waals surface area contributed by atoms with Crippen molar-refractivity contribution in [3.8, 4) is 0 Å². The number of halogens is 1. The van der Waals surface area contributed by atoms with E-state index in [0.717, 1.165) is 14.8 Å². The standard InChI is InChI=1S/C11H10ClNS/c12-10-7-6-9(14-10)11(13)8-4-2-1-3-5-8/h1-7,11H,13H2. The highest BCUT2D eigenvalue weighted by Gasteiger charge is 2.10. The third kappa shape index (κ3) is 1.98. The van der Waals surface area contributed by atoms with Gasteiger partial charge in [0.15, 0.2) is 0 Å². The first-order valence-electron chi connectivity index (χ1n) is 4.33. The second-order valence-corrected chi connectivity index (χ2v) is 4.78. The summed E-state index contributed by atoms with van der Waals surface area (Å²) in [5, 5.41) is 0. The molecule has 0 saturated carbocycles. The molecule has 0 amide bonds. The van der Waals surface area contributed by atoms with E-state index in [-0.39, 0.29) is 6.04 Å². The Morgan fingerprint density at radius 2 is 1.79 bits per heavy atom. The van der Waals surface area contributed by atoms with E-state index in [1.165, 1.54) is 11.3 Å². The topological polar surface area (TPSA) is 26.0 Å². The molecule has 14 heavy (non-hydrogen) atoms. The van der Waals surface area contributed by atoms with E-state index in [0.29, 0.717) is 0 Å². The van der Waals surface area contributed by atoms with E-state index >= 15 is 0 Å². The van der Waals surface area contributed by atoms with Gasteiger partial charge in [-0.25, -0.2) is 0 Å². The first-order chi connectivity index (χ1) is 6.77. The predicted molar refractivity (Wildman–Crippen MR) is 61.8 cm³/mol. The quantitative estimate of drug-likeness (QED) is 0.829. The maximum atomic E-state index is 6.08. The number of hydrogen-bond acceptors (Lipinski definition) is 2. The molecule has 2 aromatic rings. The lowest BCUT2D eigenvalue weighted by molar-refractivity contribution is 0.893. The molecule has 0 aliphatic carbocycles. The molecule has 0 aliphatic rings. The van der Waals surface area contributed by atoms with Gasteiger partial charge in [-0.15, -0.1) is 11.3 Å². The molecular weight excluding hydrogens is 214 g/mol. The Morgan fingerprint density at radius 3 is 2.36 bits per heavy atom. The van der Waals surface area contributed by atoms with Crippen LogP contribution in [0.5, 0.6) is 0 Å². The third-order valence-corrected chi connectivity index (χ3v) is 3.37. The van der Waals surface area contributed by atoms with Crippen molar-refractivity contribution >= 4 is 22.9 Å². The van der Waals surface area contributed by atoms with Crippen molar-refractivity contribution < 1.29 is 0 Å². The van der Waals surface area contributed by atoms with Gasteiger partial charge in [0.05, 0.1) is 10.4 Å². The van der Waals surface area contributed by atoms with Gasteiger partial charge in [-0.05, 0) is 17.7 Å². The van der Waals surface area contributed by atoms with Crippen molar-refractivity contribution in [2.75, 3.05) is 0 Å². The summed E-state index contributed by atoms with van der Waals surface area (Å²) in [6.07, 6.45) is 0. The number of thiophene rings is 1. The van der Waals surface area contributed by atoms with Crippen LogP contribution in [0.3, 0.4) is 0 Å². The zero-order chi connectivity index (χ0) is 9.97. The van der Waals surface area contributed by atoms with Crippen LogP contribution >= 0.6 is 22.9 Å². The second kappa shape index (κ2) is 4.13. The van der Waals surface area contributed by atoms with Crippen molar-refractivity contribution in [1.82, 2.24) is 0 Å². The van der Waals surface area contributed by atoms with E-state index in [4.69, 9.17) is 17.3 Å². The molecule has 1 aromatic heterocycles. The average Bonchev–Trinajstić information content (AvgIpc) is 2.65. The highest BCUT2D eigenvalue weighted by Crippen LogP contribution is 2.29. The Kier molecular flexibility index (Phi) is 2.87. The van der Waals surface area contributed by atoms with Crippen LogP contribution in [0.15, 0.2) is 42.5 Å². The molecule has 1 atom stereocenters. The Balaban J connectivity index is 2.29. The molecule has 0 fully saturated rings. The summed E-state index contributed by atoms with van der Waals surface area (Å²) < 4.78 is 0.784. The van der Waals surface area contributed by atoms with Gasteiger partial charge in [0.2, 0.25) is 0 Å². The molecule has 0 spiro atoms. The SMILES string of the molecule is NC(c1ccccc1)c1ccc(Cl)s1. The Labute approximate surface area is 92.1 Å². The third-order valence-electron chi connectivity index (χ3n) is 2.06. The highest BCUT2D eigenvalue weighted by atomic mass is 35.5. The highest BCUT2D eigenvalue weighted by molar-refractivity contribution is 7.16. The van der Waals surface area contributed by atoms with Crippen LogP contribution in [-0.2, 0) is 0 Å². The van der Waals surface area contributed by atoms with Crippen molar-refractivity contribution in [1.29, 1.82) is 0 Å². The molecule has 2 N–H and O–H groups in total. The summed E-state index contributed by atoms with van der Waals surface area (Å²) in [5.41, 5.74) is 7.20. The molecule has 0 aliphatic heterocycles. The average molecular weight is 224 g/mol. The Bertz CT molecular complexity index is 410. The monoisotopic (exact) mass is 223 g/mol. The zero-order valence-corrected chi connectivity index (χ0v) is 9.05. The predicted octanol–water partition coefficient (Wildman–Crippen LogP) is 3.45. The summed E-state index contributed by atoms with van der Waals surface area (Å²) in [6, 6.07) is 13.8. The first kappa shape index (κ1) is 9.71. The fraction of sp³-hybridized carbons (Fsp3) is 0.0909. The summed E-state index contributed by atoms with van der Waals surface area (Å²) in [4.78, 5) is 1.10. The van der Waals surface area contributed by atoms with Gasteiger partial charge in [-0.2, -0.15) is 0 Å². The smallest absolute Gasteiger partial charge is 0.0931 e. The molecule has 1 nitrogen and oxygen atoms in total. The largest absolute Gasteiger partial charge is 0.320 e. The van der Waals surface area contributed by atoms with Gasteiger partial charge in [-0.1, -0.05) is 41.9 Å². The molecule has 72 valence electrons. The van der Waals surface area contributed by atoms with Crippen LogP contribution in [0.4, 0.5) is 0 Å². The minimum absolute atomic E-state index is 0.0614. The molecule has 0 saturated heterocycles. The number of rotatable bonds is 2. The van der Waals surface area contributed by atoms with E-state index in [9.17, 15) is 0 Å². The van der Waals surface area contributed by atoms with Gasteiger partial charge in [0.1, 0.15) is 0 Å². The van der Waals surface area contributed by atoms with Gasteiger partial charge in [0, 0.05) is 4.88 Å². The normalized spacial score (nSPS) is 12.7. The van der Waals surface area contributed by atoms with E-state index < -0.39 is 0 Å². The molecule has 1 heterocycles. The van der Waals surface area contributed by atoms with Gasteiger partial charge < -0.3 is 5.73 Å². The van der Waals surface area contributed by atoms with E-state index in [1.807, 2.05) is 42.5 Å². The summed E-state index contributed by atoms with van der Waals surface area (Å²) in [7, 11) is 0. The van der Waals surface area contributed by atoms with E-state index in [2.05, 4.69) is 0 Å². The molecule has 0 radical (unpaired) electrons. The Morgan fingerprint density at radius 1 is 1.07 bits per heavy atom. The van der Waals surface area contributed by atoms with Crippen molar-refractivity contribution in [3.63, 3.8) is 0 Å². The molecule has 1 aromatic carbocycles. The fourth-order valence-electron chi connectivity index (χ4n) is 1.32. The van der Waals surface area contributed by atoms with Crippen LogP contribution in [0.2, 0.25) is 4.34 Å². The summed E-state index contributed by atoms with van der Waals surface area (Å²) in [6.45, 7) is 0.